The lowest BCUT2D eigenvalue weighted by Gasteiger charge is -2.36. The maximum atomic E-state index is 6.48. The number of ether oxygens (including phenoxy) is 2. The van der Waals surface area contributed by atoms with E-state index in [1.54, 1.807) is 0 Å². The van der Waals surface area contributed by atoms with Crippen LogP contribution in [0, 0.1) is 11.8 Å². The largest absolute Gasteiger partial charge is 0.352 e. The molecule has 0 radical (unpaired) electrons. The van der Waals surface area contributed by atoms with Crippen LogP contribution in [0.3, 0.4) is 0 Å². The van der Waals surface area contributed by atoms with Gasteiger partial charge in [-0.25, -0.2) is 0 Å². The van der Waals surface area contributed by atoms with Crippen LogP contribution in [0.4, 0.5) is 0 Å². The fourth-order valence-corrected chi connectivity index (χ4v) is 4.20. The quantitative estimate of drug-likeness (QED) is 0.547. The summed E-state index contributed by atoms with van der Waals surface area (Å²) in [6.45, 7) is 5.53. The van der Waals surface area contributed by atoms with Gasteiger partial charge in [0.05, 0.1) is 12.7 Å². The van der Waals surface area contributed by atoms with Gasteiger partial charge in [-0.2, -0.15) is 0 Å². The Bertz CT molecular complexity index is 288. The second-order valence-corrected chi connectivity index (χ2v) is 8.44. The van der Waals surface area contributed by atoms with Crippen molar-refractivity contribution in [3.05, 3.63) is 0 Å². The van der Waals surface area contributed by atoms with Gasteiger partial charge in [0, 0.05) is 5.92 Å². The standard InChI is InChI=1S/C22H42O2/c1-19-17-18-23-22(20(19)2)24-21-15-13-11-9-7-5-3-4-6-8-10-12-14-16-21/h19-22H,3-18H2,1-2H3/t19?,20-,22+/m1/s1. The molecule has 1 aliphatic heterocycles. The van der Waals surface area contributed by atoms with E-state index in [2.05, 4.69) is 13.8 Å². The van der Waals surface area contributed by atoms with E-state index in [0.29, 0.717) is 12.0 Å². The zero-order valence-electron chi connectivity index (χ0n) is 16.4. The van der Waals surface area contributed by atoms with Crippen molar-refractivity contribution in [3.63, 3.8) is 0 Å². The summed E-state index contributed by atoms with van der Waals surface area (Å²) >= 11 is 0. The van der Waals surface area contributed by atoms with Gasteiger partial charge in [-0.3, -0.25) is 0 Å². The van der Waals surface area contributed by atoms with Crippen molar-refractivity contribution >= 4 is 0 Å². The average molecular weight is 339 g/mol. The first-order valence-electron chi connectivity index (χ1n) is 11.0. The number of hydrogen-bond donors (Lipinski definition) is 0. The highest BCUT2D eigenvalue weighted by molar-refractivity contribution is 4.72. The van der Waals surface area contributed by atoms with E-state index < -0.39 is 0 Å². The monoisotopic (exact) mass is 338 g/mol. The smallest absolute Gasteiger partial charge is 0.160 e. The van der Waals surface area contributed by atoms with Gasteiger partial charge in [0.25, 0.3) is 0 Å². The lowest BCUT2D eigenvalue weighted by atomic mass is 9.90. The Balaban J connectivity index is 1.77. The number of hydrogen-bond acceptors (Lipinski definition) is 2. The third-order valence-electron chi connectivity index (χ3n) is 6.31. The Hall–Kier alpha value is -0.0800. The van der Waals surface area contributed by atoms with Crippen molar-refractivity contribution in [2.75, 3.05) is 6.61 Å². The van der Waals surface area contributed by atoms with Crippen LogP contribution in [-0.2, 0) is 9.47 Å². The number of rotatable bonds is 2. The van der Waals surface area contributed by atoms with Crippen LogP contribution in [0.25, 0.3) is 0 Å². The van der Waals surface area contributed by atoms with Gasteiger partial charge in [-0.1, -0.05) is 90.9 Å². The van der Waals surface area contributed by atoms with Gasteiger partial charge < -0.3 is 9.47 Å². The molecule has 2 rings (SSSR count). The van der Waals surface area contributed by atoms with E-state index in [9.17, 15) is 0 Å². The van der Waals surface area contributed by atoms with E-state index in [0.717, 1.165) is 12.5 Å². The van der Waals surface area contributed by atoms with Crippen molar-refractivity contribution in [1.29, 1.82) is 0 Å². The van der Waals surface area contributed by atoms with Crippen molar-refractivity contribution in [2.24, 2.45) is 11.8 Å². The first-order valence-corrected chi connectivity index (χ1v) is 11.0. The second kappa shape index (κ2) is 12.3. The van der Waals surface area contributed by atoms with Gasteiger partial charge in [0.2, 0.25) is 0 Å². The zero-order chi connectivity index (χ0) is 17.0. The van der Waals surface area contributed by atoms with Gasteiger partial charge >= 0.3 is 0 Å². The summed E-state index contributed by atoms with van der Waals surface area (Å²) in [5.41, 5.74) is 0. The summed E-state index contributed by atoms with van der Waals surface area (Å²) in [6.07, 6.45) is 21.1. The summed E-state index contributed by atoms with van der Waals surface area (Å²) in [5, 5.41) is 0. The van der Waals surface area contributed by atoms with Crippen LogP contribution in [0.2, 0.25) is 0 Å². The maximum Gasteiger partial charge on any atom is 0.160 e. The van der Waals surface area contributed by atoms with E-state index in [-0.39, 0.29) is 6.29 Å². The third-order valence-corrected chi connectivity index (χ3v) is 6.31. The predicted octanol–water partition coefficient (Wildman–Crippen LogP) is 6.87. The molecule has 142 valence electrons. The van der Waals surface area contributed by atoms with Crippen molar-refractivity contribution in [3.8, 4) is 0 Å². The van der Waals surface area contributed by atoms with Crippen molar-refractivity contribution < 1.29 is 9.47 Å². The minimum Gasteiger partial charge on any atom is -0.352 e. The summed E-state index contributed by atoms with van der Waals surface area (Å²) in [4.78, 5) is 0. The third kappa shape index (κ3) is 7.87. The molecule has 3 atom stereocenters. The highest BCUT2D eigenvalue weighted by atomic mass is 16.7. The molecule has 1 saturated carbocycles. The SMILES string of the molecule is CC1CCO[C@@H](OC2CCCCCCCCCCCCCC2)[C@@H]1C. The molecule has 2 nitrogen and oxygen atoms in total. The minimum absolute atomic E-state index is 0.0424. The maximum absolute atomic E-state index is 6.48. The van der Waals surface area contributed by atoms with E-state index in [1.807, 2.05) is 0 Å². The van der Waals surface area contributed by atoms with E-state index >= 15 is 0 Å². The predicted molar refractivity (Wildman–Crippen MR) is 102 cm³/mol. The first kappa shape index (κ1) is 20.2. The first-order chi connectivity index (χ1) is 11.8. The summed E-state index contributed by atoms with van der Waals surface area (Å²) in [5.74, 6) is 1.27. The van der Waals surface area contributed by atoms with Gasteiger partial charge in [-0.05, 0) is 25.2 Å². The molecule has 1 unspecified atom stereocenters. The molecule has 24 heavy (non-hydrogen) atoms. The Morgan fingerprint density at radius 1 is 0.625 bits per heavy atom. The topological polar surface area (TPSA) is 18.5 Å². The minimum atomic E-state index is 0.0424. The molecule has 1 aliphatic carbocycles. The Kier molecular flexibility index (Phi) is 10.4. The molecule has 0 bridgehead atoms. The van der Waals surface area contributed by atoms with Gasteiger partial charge in [0.1, 0.15) is 0 Å². The molecule has 1 heterocycles. The molecular weight excluding hydrogens is 296 g/mol. The van der Waals surface area contributed by atoms with Gasteiger partial charge in [-0.15, -0.1) is 0 Å². The van der Waals surface area contributed by atoms with Crippen LogP contribution >= 0.6 is 0 Å². The zero-order valence-corrected chi connectivity index (χ0v) is 16.4. The molecule has 0 amide bonds. The normalized spacial score (nSPS) is 33.5. The van der Waals surface area contributed by atoms with Crippen LogP contribution in [0.1, 0.15) is 110 Å². The highest BCUT2D eigenvalue weighted by Crippen LogP contribution is 2.29. The van der Waals surface area contributed by atoms with Crippen LogP contribution in [0.15, 0.2) is 0 Å². The molecule has 0 spiro atoms. The van der Waals surface area contributed by atoms with Gasteiger partial charge in [0.15, 0.2) is 6.29 Å². The molecule has 1 saturated heterocycles. The average Bonchev–Trinajstić information content (AvgIpc) is 2.59. The van der Waals surface area contributed by atoms with Crippen LogP contribution in [-0.4, -0.2) is 19.0 Å². The molecule has 0 N–H and O–H groups in total. The molecule has 0 aromatic rings. The van der Waals surface area contributed by atoms with Crippen LogP contribution in [0.5, 0.6) is 0 Å². The van der Waals surface area contributed by atoms with E-state index in [4.69, 9.17) is 9.47 Å². The lowest BCUT2D eigenvalue weighted by Crippen LogP contribution is -2.38. The highest BCUT2D eigenvalue weighted by Gasteiger charge is 2.30. The molecule has 2 fully saturated rings. The Morgan fingerprint density at radius 3 is 1.58 bits per heavy atom. The molecule has 2 aliphatic rings. The summed E-state index contributed by atoms with van der Waals surface area (Å²) in [7, 11) is 0. The van der Waals surface area contributed by atoms with E-state index in [1.165, 1.54) is 96.3 Å². The molecule has 0 aromatic heterocycles. The van der Waals surface area contributed by atoms with Crippen molar-refractivity contribution in [2.45, 2.75) is 123 Å². The summed E-state index contributed by atoms with van der Waals surface area (Å²) < 4.78 is 12.4. The fraction of sp³-hybridized carbons (Fsp3) is 1.00. The van der Waals surface area contributed by atoms with Crippen LogP contribution < -0.4 is 0 Å². The second-order valence-electron chi connectivity index (χ2n) is 8.44. The Morgan fingerprint density at radius 2 is 1.08 bits per heavy atom. The Labute approximate surface area is 151 Å². The molecule has 0 aromatic carbocycles. The lowest BCUT2D eigenvalue weighted by molar-refractivity contribution is -0.225. The fourth-order valence-electron chi connectivity index (χ4n) is 4.20. The summed E-state index contributed by atoms with van der Waals surface area (Å²) in [6, 6.07) is 0. The molecule has 2 heteroatoms. The molecular formula is C22H42O2. The van der Waals surface area contributed by atoms with Crippen molar-refractivity contribution in [1.82, 2.24) is 0 Å².